The molecule has 2 aromatic rings. The second kappa shape index (κ2) is 5.77. The molecule has 1 amide bonds. The van der Waals surface area contributed by atoms with Crippen LogP contribution in [0.4, 0.5) is 0 Å². The summed E-state index contributed by atoms with van der Waals surface area (Å²) >= 11 is 0. The fraction of sp³-hybridized carbons (Fsp3) is 0.556. The van der Waals surface area contributed by atoms with Crippen LogP contribution < -0.4 is 5.32 Å². The van der Waals surface area contributed by atoms with Gasteiger partial charge in [-0.05, 0) is 38.8 Å². The maximum absolute atomic E-state index is 12.6. The van der Waals surface area contributed by atoms with Gasteiger partial charge in [-0.3, -0.25) is 9.48 Å². The molecule has 2 aliphatic rings. The van der Waals surface area contributed by atoms with E-state index >= 15 is 0 Å². The predicted octanol–water partition coefficient (Wildman–Crippen LogP) is 2.38. The topological polar surface area (TPSA) is 69.3 Å². The Morgan fingerprint density at radius 2 is 2.25 bits per heavy atom. The molecule has 0 aromatic carbocycles. The molecule has 2 fully saturated rings. The minimum atomic E-state index is -0.108. The SMILES string of the molecule is Cc1nn(C)c(C)c1[C@H]1OCC[C@@H]1NC(=O)[C@@H]1C[C@@H]1c1ccco1. The molecule has 1 N–H and O–H groups in total. The number of hydrogen-bond donors (Lipinski definition) is 1. The maximum Gasteiger partial charge on any atom is 0.224 e. The van der Waals surface area contributed by atoms with E-state index in [1.54, 1.807) is 6.26 Å². The minimum Gasteiger partial charge on any atom is -0.469 e. The normalized spacial score (nSPS) is 29.0. The molecule has 4 atom stereocenters. The third-order valence-electron chi connectivity index (χ3n) is 5.30. The van der Waals surface area contributed by atoms with Gasteiger partial charge in [0.1, 0.15) is 11.9 Å². The number of aryl methyl sites for hydroxylation is 2. The van der Waals surface area contributed by atoms with Crippen LogP contribution in [-0.2, 0) is 16.6 Å². The second-order valence-electron chi connectivity index (χ2n) is 6.87. The van der Waals surface area contributed by atoms with Gasteiger partial charge in [0.15, 0.2) is 0 Å². The summed E-state index contributed by atoms with van der Waals surface area (Å²) in [5, 5.41) is 7.68. The number of hydrogen-bond acceptors (Lipinski definition) is 4. The summed E-state index contributed by atoms with van der Waals surface area (Å²) in [5.74, 6) is 1.26. The molecule has 3 heterocycles. The molecule has 1 saturated heterocycles. The molecule has 0 bridgehead atoms. The van der Waals surface area contributed by atoms with Gasteiger partial charge in [0.05, 0.1) is 18.0 Å². The van der Waals surface area contributed by atoms with Gasteiger partial charge >= 0.3 is 0 Å². The average molecular weight is 329 g/mol. The molecular formula is C18H23N3O3. The van der Waals surface area contributed by atoms with Gasteiger partial charge in [-0.2, -0.15) is 5.10 Å². The zero-order chi connectivity index (χ0) is 16.8. The molecule has 1 saturated carbocycles. The Bertz CT molecular complexity index is 750. The lowest BCUT2D eigenvalue weighted by Gasteiger charge is -2.20. The second-order valence-corrected chi connectivity index (χ2v) is 6.87. The number of furan rings is 1. The Labute approximate surface area is 141 Å². The van der Waals surface area contributed by atoms with E-state index < -0.39 is 0 Å². The van der Waals surface area contributed by atoms with Gasteiger partial charge in [-0.25, -0.2) is 0 Å². The highest BCUT2D eigenvalue weighted by molar-refractivity contribution is 5.83. The maximum atomic E-state index is 12.6. The first-order chi connectivity index (χ1) is 11.6. The number of ether oxygens (including phenoxy) is 1. The van der Waals surface area contributed by atoms with Crippen molar-refractivity contribution in [2.45, 2.75) is 44.8 Å². The van der Waals surface area contributed by atoms with Crippen LogP contribution in [0, 0.1) is 19.8 Å². The highest BCUT2D eigenvalue weighted by Gasteiger charge is 2.47. The van der Waals surface area contributed by atoms with Crippen molar-refractivity contribution in [2.24, 2.45) is 13.0 Å². The Balaban J connectivity index is 1.45. The van der Waals surface area contributed by atoms with Crippen LogP contribution in [0.15, 0.2) is 22.8 Å². The molecule has 2 aromatic heterocycles. The van der Waals surface area contributed by atoms with E-state index in [4.69, 9.17) is 9.15 Å². The van der Waals surface area contributed by atoms with Gasteiger partial charge < -0.3 is 14.5 Å². The summed E-state index contributed by atoms with van der Waals surface area (Å²) < 4.78 is 13.2. The number of carbonyl (C=O) groups is 1. The van der Waals surface area contributed by atoms with Crippen LogP contribution in [0.3, 0.4) is 0 Å². The van der Waals surface area contributed by atoms with Crippen molar-refractivity contribution >= 4 is 5.91 Å². The van der Waals surface area contributed by atoms with Crippen LogP contribution >= 0.6 is 0 Å². The van der Waals surface area contributed by atoms with E-state index in [1.165, 1.54) is 0 Å². The van der Waals surface area contributed by atoms with Crippen LogP contribution in [0.1, 0.15) is 47.6 Å². The van der Waals surface area contributed by atoms with Crippen molar-refractivity contribution in [3.63, 3.8) is 0 Å². The van der Waals surface area contributed by atoms with Gasteiger partial charge in [-0.1, -0.05) is 0 Å². The average Bonchev–Trinajstić information content (AvgIpc) is 2.86. The molecule has 0 spiro atoms. The number of aromatic nitrogens is 2. The smallest absolute Gasteiger partial charge is 0.224 e. The fourth-order valence-corrected chi connectivity index (χ4v) is 3.81. The summed E-state index contributed by atoms with van der Waals surface area (Å²) in [4.78, 5) is 12.6. The number of rotatable bonds is 4. The summed E-state index contributed by atoms with van der Waals surface area (Å²) in [6.07, 6.45) is 3.26. The van der Waals surface area contributed by atoms with Crippen LogP contribution in [-0.4, -0.2) is 28.3 Å². The minimum absolute atomic E-state index is 0.0111. The highest BCUT2D eigenvalue weighted by atomic mass is 16.5. The molecule has 24 heavy (non-hydrogen) atoms. The van der Waals surface area contributed by atoms with E-state index in [0.717, 1.165) is 35.6 Å². The van der Waals surface area contributed by atoms with Crippen molar-refractivity contribution in [2.75, 3.05) is 6.61 Å². The standard InChI is InChI=1S/C18H23N3O3/c1-10-16(11(2)21(3)20-10)17-14(6-8-24-17)19-18(22)13-9-12(13)15-5-4-7-23-15/h4-5,7,12-14,17H,6,8-9H2,1-3H3,(H,19,22)/t12-,13+,14-,17-/m0/s1. The van der Waals surface area contributed by atoms with Crippen molar-refractivity contribution in [3.8, 4) is 0 Å². The number of carbonyl (C=O) groups excluding carboxylic acids is 1. The molecule has 4 rings (SSSR count). The third kappa shape index (κ3) is 2.55. The lowest BCUT2D eigenvalue weighted by Crippen LogP contribution is -2.38. The molecule has 128 valence electrons. The van der Waals surface area contributed by atoms with E-state index in [2.05, 4.69) is 10.4 Å². The van der Waals surface area contributed by atoms with Crippen molar-refractivity contribution < 1.29 is 13.9 Å². The first-order valence-electron chi connectivity index (χ1n) is 8.51. The summed E-state index contributed by atoms with van der Waals surface area (Å²) in [7, 11) is 1.94. The molecule has 6 heteroatoms. The number of nitrogens with one attached hydrogen (secondary N) is 1. The van der Waals surface area contributed by atoms with Gasteiger partial charge in [0.2, 0.25) is 5.91 Å². The van der Waals surface area contributed by atoms with E-state index in [9.17, 15) is 4.79 Å². The van der Waals surface area contributed by atoms with E-state index in [0.29, 0.717) is 6.61 Å². The lowest BCUT2D eigenvalue weighted by atomic mass is 10.00. The van der Waals surface area contributed by atoms with Gasteiger partial charge in [-0.15, -0.1) is 0 Å². The monoisotopic (exact) mass is 329 g/mol. The summed E-state index contributed by atoms with van der Waals surface area (Å²) in [6, 6.07) is 3.83. The summed E-state index contributed by atoms with van der Waals surface area (Å²) in [5.41, 5.74) is 3.18. The lowest BCUT2D eigenvalue weighted by molar-refractivity contribution is -0.123. The summed E-state index contributed by atoms with van der Waals surface area (Å²) in [6.45, 7) is 4.70. The fourth-order valence-electron chi connectivity index (χ4n) is 3.81. The van der Waals surface area contributed by atoms with Crippen LogP contribution in [0.25, 0.3) is 0 Å². The molecule has 0 radical (unpaired) electrons. The number of nitrogens with zero attached hydrogens (tertiary/aromatic N) is 2. The predicted molar refractivity (Wildman–Crippen MR) is 87.5 cm³/mol. The van der Waals surface area contributed by atoms with Crippen molar-refractivity contribution in [1.82, 2.24) is 15.1 Å². The van der Waals surface area contributed by atoms with Crippen molar-refractivity contribution in [3.05, 3.63) is 41.1 Å². The Hall–Kier alpha value is -2.08. The third-order valence-corrected chi connectivity index (χ3v) is 5.30. The van der Waals surface area contributed by atoms with Crippen LogP contribution in [0.5, 0.6) is 0 Å². The molecule has 1 aliphatic carbocycles. The van der Waals surface area contributed by atoms with E-state index in [-0.39, 0.29) is 29.9 Å². The Morgan fingerprint density at radius 1 is 1.42 bits per heavy atom. The molecular weight excluding hydrogens is 306 g/mol. The quantitative estimate of drug-likeness (QED) is 0.935. The zero-order valence-electron chi connectivity index (χ0n) is 14.3. The van der Waals surface area contributed by atoms with Gasteiger partial charge in [0.25, 0.3) is 0 Å². The van der Waals surface area contributed by atoms with Crippen LogP contribution in [0.2, 0.25) is 0 Å². The first kappa shape index (κ1) is 15.4. The molecule has 6 nitrogen and oxygen atoms in total. The zero-order valence-corrected chi connectivity index (χ0v) is 14.3. The first-order valence-corrected chi connectivity index (χ1v) is 8.51. The highest BCUT2D eigenvalue weighted by Crippen LogP contribution is 2.48. The van der Waals surface area contributed by atoms with E-state index in [1.807, 2.05) is 37.7 Å². The van der Waals surface area contributed by atoms with Crippen molar-refractivity contribution in [1.29, 1.82) is 0 Å². The largest absolute Gasteiger partial charge is 0.469 e. The van der Waals surface area contributed by atoms with Gasteiger partial charge in [0, 0.05) is 36.7 Å². The Kier molecular flexibility index (Phi) is 3.72. The Morgan fingerprint density at radius 3 is 2.92 bits per heavy atom. The molecule has 1 aliphatic heterocycles. The molecule has 0 unspecified atom stereocenters. The number of amides is 1.